The van der Waals surface area contributed by atoms with Gasteiger partial charge in [-0.05, 0) is 68.7 Å². The third-order valence-corrected chi connectivity index (χ3v) is 4.45. The smallest absolute Gasteiger partial charge is 0.274 e. The zero-order valence-electron chi connectivity index (χ0n) is 16.5. The Kier molecular flexibility index (Phi) is 5.54. The van der Waals surface area contributed by atoms with E-state index in [2.05, 4.69) is 15.6 Å². The van der Waals surface area contributed by atoms with Gasteiger partial charge in [0.2, 0.25) is 0 Å². The van der Waals surface area contributed by atoms with E-state index in [0.29, 0.717) is 11.3 Å². The van der Waals surface area contributed by atoms with E-state index in [1.807, 2.05) is 64.1 Å². The highest BCUT2D eigenvalue weighted by molar-refractivity contribution is 6.08. The Balaban J connectivity index is 1.79. The van der Waals surface area contributed by atoms with Crippen LogP contribution in [-0.2, 0) is 0 Å². The van der Waals surface area contributed by atoms with Crippen molar-refractivity contribution in [1.29, 1.82) is 0 Å². The molecule has 0 bridgehead atoms. The number of pyridine rings is 1. The molecule has 0 aliphatic carbocycles. The maximum Gasteiger partial charge on any atom is 0.274 e. The van der Waals surface area contributed by atoms with Crippen LogP contribution in [0.2, 0.25) is 0 Å². The van der Waals surface area contributed by atoms with Gasteiger partial charge in [0.05, 0.1) is 0 Å². The molecule has 0 atom stereocenters. The van der Waals surface area contributed by atoms with Crippen molar-refractivity contribution in [3.63, 3.8) is 0 Å². The summed E-state index contributed by atoms with van der Waals surface area (Å²) in [6.07, 6.45) is 1.47. The van der Waals surface area contributed by atoms with Gasteiger partial charge < -0.3 is 10.6 Å². The minimum atomic E-state index is -0.358. The highest BCUT2D eigenvalue weighted by atomic mass is 16.2. The summed E-state index contributed by atoms with van der Waals surface area (Å²) in [5.41, 5.74) is 6.23. The zero-order valence-corrected chi connectivity index (χ0v) is 16.5. The van der Waals surface area contributed by atoms with Gasteiger partial charge in [0.25, 0.3) is 11.8 Å². The van der Waals surface area contributed by atoms with Gasteiger partial charge in [-0.1, -0.05) is 29.8 Å². The quantitative estimate of drug-likeness (QED) is 0.689. The van der Waals surface area contributed by atoms with Crippen LogP contribution in [0.1, 0.15) is 43.1 Å². The minimum Gasteiger partial charge on any atom is -0.322 e. The minimum absolute atomic E-state index is 0.187. The predicted octanol–water partition coefficient (Wildman–Crippen LogP) is 4.82. The Labute approximate surface area is 164 Å². The molecule has 3 rings (SSSR count). The molecule has 2 aromatic carbocycles. The van der Waals surface area contributed by atoms with Crippen molar-refractivity contribution in [2.45, 2.75) is 27.7 Å². The molecule has 0 unspecified atom stereocenters. The number of nitrogens with zero attached hydrogens (tertiary/aromatic N) is 1. The summed E-state index contributed by atoms with van der Waals surface area (Å²) in [4.78, 5) is 29.3. The summed E-state index contributed by atoms with van der Waals surface area (Å²) < 4.78 is 0. The van der Waals surface area contributed by atoms with Crippen LogP contribution in [0, 0.1) is 27.7 Å². The summed E-state index contributed by atoms with van der Waals surface area (Å²) in [5.74, 6) is -0.634. The monoisotopic (exact) mass is 373 g/mol. The highest BCUT2D eigenvalue weighted by Crippen LogP contribution is 2.22. The number of hydrogen-bond donors (Lipinski definition) is 2. The molecule has 1 heterocycles. The van der Waals surface area contributed by atoms with Crippen molar-refractivity contribution in [3.05, 3.63) is 88.2 Å². The number of anilines is 2. The van der Waals surface area contributed by atoms with E-state index in [1.165, 1.54) is 12.3 Å². The summed E-state index contributed by atoms with van der Waals surface area (Å²) in [6.45, 7) is 7.90. The normalized spacial score (nSPS) is 10.4. The first kappa shape index (κ1) is 19.3. The molecule has 0 fully saturated rings. The lowest BCUT2D eigenvalue weighted by Gasteiger charge is -2.13. The second kappa shape index (κ2) is 8.05. The number of nitrogens with one attached hydrogen (secondary N) is 2. The molecule has 0 aliphatic heterocycles. The molecule has 0 radical (unpaired) electrons. The fourth-order valence-electron chi connectivity index (χ4n) is 3.18. The summed E-state index contributed by atoms with van der Waals surface area (Å²) >= 11 is 0. The first-order chi connectivity index (χ1) is 13.3. The van der Waals surface area contributed by atoms with Crippen molar-refractivity contribution in [2.24, 2.45) is 0 Å². The van der Waals surface area contributed by atoms with E-state index >= 15 is 0 Å². The van der Waals surface area contributed by atoms with E-state index < -0.39 is 0 Å². The standard InChI is InChI=1S/C23H23N3O2/c1-14-6-5-7-19(12-14)25-23(28)20-13-18(8-9-24-20)22(27)26-21-16(3)10-15(2)11-17(21)4/h5-13H,1-4H3,(H,25,28)(H,26,27). The molecule has 0 spiro atoms. The van der Waals surface area contributed by atoms with Crippen molar-refractivity contribution in [1.82, 2.24) is 4.98 Å². The number of carbonyl (C=O) groups is 2. The lowest BCUT2D eigenvalue weighted by molar-refractivity contribution is 0.102. The molecule has 2 N–H and O–H groups in total. The number of amides is 2. The summed E-state index contributed by atoms with van der Waals surface area (Å²) in [6, 6.07) is 14.6. The number of carbonyl (C=O) groups excluding carboxylic acids is 2. The molecular weight excluding hydrogens is 350 g/mol. The van der Waals surface area contributed by atoms with Crippen molar-refractivity contribution in [2.75, 3.05) is 10.6 Å². The zero-order chi connectivity index (χ0) is 20.3. The molecule has 5 nitrogen and oxygen atoms in total. The molecule has 1 aromatic heterocycles. The van der Waals surface area contributed by atoms with Crippen LogP contribution in [0.4, 0.5) is 11.4 Å². The summed E-state index contributed by atoms with van der Waals surface area (Å²) in [5, 5.41) is 5.75. The topological polar surface area (TPSA) is 71.1 Å². The summed E-state index contributed by atoms with van der Waals surface area (Å²) in [7, 11) is 0. The van der Waals surface area contributed by atoms with Crippen LogP contribution in [0.5, 0.6) is 0 Å². The molecule has 3 aromatic rings. The van der Waals surface area contributed by atoms with Crippen LogP contribution in [0.15, 0.2) is 54.7 Å². The van der Waals surface area contributed by atoms with Gasteiger partial charge in [-0.3, -0.25) is 14.6 Å². The van der Waals surface area contributed by atoms with E-state index in [-0.39, 0.29) is 17.5 Å². The lowest BCUT2D eigenvalue weighted by Crippen LogP contribution is -2.17. The molecule has 5 heteroatoms. The van der Waals surface area contributed by atoms with Crippen molar-refractivity contribution >= 4 is 23.2 Å². The first-order valence-electron chi connectivity index (χ1n) is 9.07. The van der Waals surface area contributed by atoms with Crippen LogP contribution < -0.4 is 10.6 Å². The largest absolute Gasteiger partial charge is 0.322 e. The molecule has 2 amide bonds. The number of aromatic nitrogens is 1. The third kappa shape index (κ3) is 4.43. The van der Waals surface area contributed by atoms with Crippen LogP contribution in [-0.4, -0.2) is 16.8 Å². The Hall–Kier alpha value is -3.47. The van der Waals surface area contributed by atoms with Crippen LogP contribution in [0.25, 0.3) is 0 Å². The van der Waals surface area contributed by atoms with Gasteiger partial charge >= 0.3 is 0 Å². The van der Waals surface area contributed by atoms with Gasteiger partial charge in [-0.15, -0.1) is 0 Å². The second-order valence-corrected chi connectivity index (χ2v) is 6.98. The maximum atomic E-state index is 12.7. The lowest BCUT2D eigenvalue weighted by atomic mass is 10.0. The van der Waals surface area contributed by atoms with E-state index in [1.54, 1.807) is 6.07 Å². The Bertz CT molecular complexity index is 1030. The van der Waals surface area contributed by atoms with Crippen molar-refractivity contribution in [3.8, 4) is 0 Å². The van der Waals surface area contributed by atoms with Crippen molar-refractivity contribution < 1.29 is 9.59 Å². The number of hydrogen-bond acceptors (Lipinski definition) is 3. The number of aryl methyl sites for hydroxylation is 4. The molecule has 28 heavy (non-hydrogen) atoms. The average molecular weight is 373 g/mol. The molecule has 0 saturated carbocycles. The van der Waals surface area contributed by atoms with E-state index in [9.17, 15) is 9.59 Å². The van der Waals surface area contributed by atoms with Gasteiger partial charge in [-0.25, -0.2) is 0 Å². The Morgan fingerprint density at radius 2 is 1.50 bits per heavy atom. The third-order valence-electron chi connectivity index (χ3n) is 4.45. The first-order valence-corrected chi connectivity index (χ1v) is 9.07. The van der Waals surface area contributed by atoms with Gasteiger partial charge in [0, 0.05) is 23.1 Å². The molecule has 0 saturated heterocycles. The maximum absolute atomic E-state index is 12.7. The van der Waals surface area contributed by atoms with Gasteiger partial charge in [-0.2, -0.15) is 0 Å². The SMILES string of the molecule is Cc1cccc(NC(=O)c2cc(C(=O)Nc3c(C)cc(C)cc3C)ccn2)c1. The van der Waals surface area contributed by atoms with Crippen LogP contribution >= 0.6 is 0 Å². The fourth-order valence-corrected chi connectivity index (χ4v) is 3.18. The highest BCUT2D eigenvalue weighted by Gasteiger charge is 2.14. The van der Waals surface area contributed by atoms with Gasteiger partial charge in [0.15, 0.2) is 0 Å². The molecule has 142 valence electrons. The fraction of sp³-hybridized carbons (Fsp3) is 0.174. The van der Waals surface area contributed by atoms with Gasteiger partial charge in [0.1, 0.15) is 5.69 Å². The predicted molar refractivity (Wildman–Crippen MR) is 112 cm³/mol. The van der Waals surface area contributed by atoms with E-state index in [4.69, 9.17) is 0 Å². The number of rotatable bonds is 4. The molecule has 0 aliphatic rings. The Morgan fingerprint density at radius 3 is 2.18 bits per heavy atom. The average Bonchev–Trinajstić information content (AvgIpc) is 2.64. The molecular formula is C23H23N3O2. The van der Waals surface area contributed by atoms with E-state index in [0.717, 1.165) is 27.9 Å². The Morgan fingerprint density at radius 1 is 0.786 bits per heavy atom. The second-order valence-electron chi connectivity index (χ2n) is 6.98. The number of benzene rings is 2. The van der Waals surface area contributed by atoms with Crippen LogP contribution in [0.3, 0.4) is 0 Å².